The van der Waals surface area contributed by atoms with Crippen molar-refractivity contribution in [3.05, 3.63) is 83.9 Å². The molecule has 2 aromatic carbocycles. The number of piperazine rings is 1. The number of aromatic hydroxyl groups is 1. The molecule has 2 aliphatic rings. The summed E-state index contributed by atoms with van der Waals surface area (Å²) >= 11 is 0. The monoisotopic (exact) mass is 531 g/mol. The van der Waals surface area contributed by atoms with Crippen molar-refractivity contribution < 1.29 is 18.7 Å². The first kappa shape index (κ1) is 26.3. The third kappa shape index (κ3) is 4.73. The topological polar surface area (TPSA) is 72.3 Å². The molecule has 1 amide bonds. The number of halogens is 2. The number of fused-ring (bicyclic) bond motifs is 1. The molecule has 1 N–H and O–H groups in total. The Morgan fingerprint density at radius 1 is 1.13 bits per heavy atom. The number of para-hydroxylation sites is 1. The lowest BCUT2D eigenvalue weighted by Gasteiger charge is -2.43. The van der Waals surface area contributed by atoms with Crippen molar-refractivity contribution in [3.8, 4) is 17.0 Å². The number of aliphatic imine (C=N–C) groups is 1. The smallest absolute Gasteiger partial charge is 0.246 e. The number of benzene rings is 2. The van der Waals surface area contributed by atoms with E-state index in [1.807, 2.05) is 36.1 Å². The molecule has 3 aromatic rings. The number of phenols is 1. The lowest BCUT2D eigenvalue weighted by atomic mass is 9.99. The molecule has 0 aliphatic carbocycles. The quantitative estimate of drug-likeness (QED) is 0.455. The molecular weight excluding hydrogens is 500 g/mol. The molecule has 0 bridgehead atoms. The van der Waals surface area contributed by atoms with Gasteiger partial charge < -0.3 is 19.8 Å². The van der Waals surface area contributed by atoms with Crippen LogP contribution in [-0.2, 0) is 4.79 Å². The first-order valence-electron chi connectivity index (χ1n) is 13.0. The SMILES string of the molecule is C=CC(=O)N1CCN(C2=NCN(c3ccccc3C(C)C)c3nc(-c4c(O)cccc4F)c(F)cc32)[C@@H](C)C1. The Hall–Kier alpha value is -4.27. The molecule has 2 aliphatic heterocycles. The number of carbonyl (C=O) groups is 1. The van der Waals surface area contributed by atoms with Crippen molar-refractivity contribution in [1.82, 2.24) is 14.8 Å². The van der Waals surface area contributed by atoms with Gasteiger partial charge in [0, 0.05) is 31.4 Å². The van der Waals surface area contributed by atoms with Crippen LogP contribution in [0.15, 0.2) is 66.2 Å². The number of phenolic OH excluding ortho intramolecular Hbond substituents is 1. The number of amides is 1. The summed E-state index contributed by atoms with van der Waals surface area (Å²) in [6.45, 7) is 11.4. The minimum Gasteiger partial charge on any atom is -0.507 e. The molecule has 202 valence electrons. The van der Waals surface area contributed by atoms with E-state index in [-0.39, 0.29) is 35.8 Å². The van der Waals surface area contributed by atoms with Gasteiger partial charge in [-0.05, 0) is 48.7 Å². The highest BCUT2D eigenvalue weighted by Gasteiger charge is 2.35. The summed E-state index contributed by atoms with van der Waals surface area (Å²) in [4.78, 5) is 27.4. The van der Waals surface area contributed by atoms with Gasteiger partial charge in [-0.2, -0.15) is 0 Å². The first-order valence-corrected chi connectivity index (χ1v) is 13.0. The second-order valence-corrected chi connectivity index (χ2v) is 10.1. The third-order valence-corrected chi connectivity index (χ3v) is 7.28. The van der Waals surface area contributed by atoms with Crippen LogP contribution in [0.4, 0.5) is 20.3 Å². The Morgan fingerprint density at radius 2 is 1.90 bits per heavy atom. The number of hydrogen-bond acceptors (Lipinski definition) is 6. The van der Waals surface area contributed by atoms with Crippen LogP contribution in [-0.4, -0.2) is 64.0 Å². The highest BCUT2D eigenvalue weighted by molar-refractivity contribution is 6.06. The van der Waals surface area contributed by atoms with E-state index in [1.165, 1.54) is 30.3 Å². The van der Waals surface area contributed by atoms with E-state index in [9.17, 15) is 14.3 Å². The van der Waals surface area contributed by atoms with Crippen LogP contribution in [0.2, 0.25) is 0 Å². The summed E-state index contributed by atoms with van der Waals surface area (Å²) in [5, 5.41) is 10.4. The third-order valence-electron chi connectivity index (χ3n) is 7.28. The minimum atomic E-state index is -0.769. The molecule has 0 saturated carbocycles. The van der Waals surface area contributed by atoms with Gasteiger partial charge in [-0.25, -0.2) is 18.8 Å². The number of amidine groups is 1. The highest BCUT2D eigenvalue weighted by Crippen LogP contribution is 2.40. The molecule has 5 rings (SSSR count). The molecule has 1 fully saturated rings. The fraction of sp³-hybridized carbons (Fsp3) is 0.300. The summed E-state index contributed by atoms with van der Waals surface area (Å²) in [7, 11) is 0. The van der Waals surface area contributed by atoms with Crippen LogP contribution in [0, 0.1) is 11.6 Å². The molecule has 1 aromatic heterocycles. The number of rotatable bonds is 4. The van der Waals surface area contributed by atoms with E-state index < -0.39 is 17.4 Å². The maximum Gasteiger partial charge on any atom is 0.246 e. The zero-order valence-corrected chi connectivity index (χ0v) is 22.2. The van der Waals surface area contributed by atoms with E-state index in [0.717, 1.165) is 11.3 Å². The van der Waals surface area contributed by atoms with Crippen molar-refractivity contribution in [2.45, 2.75) is 32.7 Å². The molecule has 3 heterocycles. The van der Waals surface area contributed by atoms with Crippen LogP contribution in [0.3, 0.4) is 0 Å². The van der Waals surface area contributed by atoms with Gasteiger partial charge in [0.1, 0.15) is 35.6 Å². The van der Waals surface area contributed by atoms with E-state index >= 15 is 4.39 Å². The van der Waals surface area contributed by atoms with Crippen molar-refractivity contribution in [2.75, 3.05) is 31.2 Å². The summed E-state index contributed by atoms with van der Waals surface area (Å²) in [5.74, 6) is -0.879. The Kier molecular flexibility index (Phi) is 7.08. The second kappa shape index (κ2) is 10.5. The van der Waals surface area contributed by atoms with Gasteiger partial charge in [-0.15, -0.1) is 0 Å². The van der Waals surface area contributed by atoms with Crippen molar-refractivity contribution in [2.24, 2.45) is 4.99 Å². The minimum absolute atomic E-state index is 0.0953. The molecule has 0 unspecified atom stereocenters. The van der Waals surface area contributed by atoms with Gasteiger partial charge in [0.25, 0.3) is 0 Å². The second-order valence-electron chi connectivity index (χ2n) is 10.1. The van der Waals surface area contributed by atoms with E-state index in [2.05, 4.69) is 30.3 Å². The fourth-order valence-electron chi connectivity index (χ4n) is 5.32. The average molecular weight is 532 g/mol. The Labute approximate surface area is 226 Å². The first-order chi connectivity index (χ1) is 18.7. The molecule has 7 nitrogen and oxygen atoms in total. The largest absolute Gasteiger partial charge is 0.507 e. The van der Waals surface area contributed by atoms with Crippen LogP contribution in [0.1, 0.15) is 37.8 Å². The van der Waals surface area contributed by atoms with Crippen LogP contribution >= 0.6 is 0 Å². The Morgan fingerprint density at radius 3 is 2.59 bits per heavy atom. The molecule has 0 spiro atoms. The molecule has 1 saturated heterocycles. The number of anilines is 2. The van der Waals surface area contributed by atoms with Crippen LogP contribution in [0.25, 0.3) is 11.3 Å². The van der Waals surface area contributed by atoms with E-state index in [0.29, 0.717) is 36.9 Å². The molecule has 0 radical (unpaired) electrons. The van der Waals surface area contributed by atoms with Gasteiger partial charge >= 0.3 is 0 Å². The van der Waals surface area contributed by atoms with Gasteiger partial charge in [-0.3, -0.25) is 4.79 Å². The lowest BCUT2D eigenvalue weighted by molar-refractivity contribution is -0.128. The number of pyridine rings is 1. The Balaban J connectivity index is 1.66. The summed E-state index contributed by atoms with van der Waals surface area (Å²) in [6.07, 6.45) is 1.30. The molecular formula is C30H31F2N5O2. The van der Waals surface area contributed by atoms with Gasteiger partial charge in [-0.1, -0.05) is 44.7 Å². The molecule has 1 atom stereocenters. The lowest BCUT2D eigenvalue weighted by Crippen LogP contribution is -2.56. The summed E-state index contributed by atoms with van der Waals surface area (Å²) in [6, 6.07) is 12.9. The van der Waals surface area contributed by atoms with Gasteiger partial charge in [0.15, 0.2) is 5.82 Å². The van der Waals surface area contributed by atoms with Crippen molar-refractivity contribution in [1.29, 1.82) is 0 Å². The Bertz CT molecular complexity index is 1450. The van der Waals surface area contributed by atoms with Crippen LogP contribution < -0.4 is 4.90 Å². The standard InChI is InChI=1S/C30H31F2N5O2/c1-5-26(39)35-13-14-36(19(4)16-35)29-21-15-23(32)28(27-22(31)10-8-12-25(27)38)34-30(21)37(17-33-29)24-11-7-6-9-20(24)18(2)3/h5-12,15,18-19,38H,1,13-14,16-17H2,2-4H3/t19-/m0/s1. The van der Waals surface area contributed by atoms with E-state index in [1.54, 1.807) is 4.90 Å². The zero-order chi connectivity index (χ0) is 27.8. The van der Waals surface area contributed by atoms with Crippen molar-refractivity contribution in [3.63, 3.8) is 0 Å². The van der Waals surface area contributed by atoms with Gasteiger partial charge in [0.05, 0.1) is 11.1 Å². The zero-order valence-electron chi connectivity index (χ0n) is 22.2. The predicted molar refractivity (Wildman–Crippen MR) is 148 cm³/mol. The number of nitrogens with zero attached hydrogens (tertiary/aromatic N) is 5. The number of aromatic nitrogens is 1. The fourth-order valence-corrected chi connectivity index (χ4v) is 5.32. The summed E-state index contributed by atoms with van der Waals surface area (Å²) in [5.41, 5.74) is 1.84. The maximum absolute atomic E-state index is 15.7. The predicted octanol–water partition coefficient (Wildman–Crippen LogP) is 5.43. The van der Waals surface area contributed by atoms with E-state index in [4.69, 9.17) is 4.99 Å². The molecule has 39 heavy (non-hydrogen) atoms. The molecule has 9 heteroatoms. The highest BCUT2D eigenvalue weighted by atomic mass is 19.1. The van der Waals surface area contributed by atoms with Gasteiger partial charge in [0.2, 0.25) is 5.91 Å². The van der Waals surface area contributed by atoms with Crippen LogP contribution in [0.5, 0.6) is 5.75 Å². The number of hydrogen-bond donors (Lipinski definition) is 1. The summed E-state index contributed by atoms with van der Waals surface area (Å²) < 4.78 is 30.6. The normalized spacial score (nSPS) is 17.2. The van der Waals surface area contributed by atoms with Crippen molar-refractivity contribution >= 4 is 23.2 Å². The maximum atomic E-state index is 15.7. The number of carbonyl (C=O) groups excluding carboxylic acids is 1. The average Bonchev–Trinajstić information content (AvgIpc) is 2.92.